The van der Waals surface area contributed by atoms with E-state index in [1.165, 1.54) is 10.4 Å². The third kappa shape index (κ3) is 8.21. The number of aromatic nitrogens is 4. The summed E-state index contributed by atoms with van der Waals surface area (Å²) in [6.07, 6.45) is 0. The number of hydrogen-bond donors (Lipinski definition) is 0. The lowest BCUT2D eigenvalue weighted by atomic mass is 10.1. The van der Waals surface area contributed by atoms with Crippen molar-refractivity contribution in [1.82, 2.24) is 20.2 Å². The predicted octanol–water partition coefficient (Wildman–Crippen LogP) is 7.50. The molecule has 37 heavy (non-hydrogen) atoms. The lowest BCUT2D eigenvalue weighted by Gasteiger charge is -2.00. The van der Waals surface area contributed by atoms with Gasteiger partial charge in [-0.25, -0.2) is 4.99 Å². The van der Waals surface area contributed by atoms with Gasteiger partial charge in [0.1, 0.15) is 0 Å². The lowest BCUT2D eigenvalue weighted by Crippen LogP contribution is -1.94. The molecule has 8 nitrogen and oxygen atoms in total. The molecule has 0 fully saturated rings. The second-order valence-corrected chi connectivity index (χ2v) is 10.5. The number of aryl methyl sites for hydroxylation is 4. The highest BCUT2D eigenvalue weighted by atomic mass is 79.9. The van der Waals surface area contributed by atoms with Crippen LogP contribution >= 0.6 is 47.8 Å². The van der Waals surface area contributed by atoms with Gasteiger partial charge in [-0.2, -0.15) is 15.2 Å². The first-order valence-electron chi connectivity index (χ1n) is 11.0. The second kappa shape index (κ2) is 13.5. The van der Waals surface area contributed by atoms with Gasteiger partial charge in [-0.05, 0) is 97.3 Å². The Morgan fingerprint density at radius 1 is 0.811 bits per heavy atom. The van der Waals surface area contributed by atoms with Crippen molar-refractivity contribution in [2.75, 3.05) is 6.67 Å². The molecule has 3 aromatic carbocycles. The van der Waals surface area contributed by atoms with E-state index in [1.54, 1.807) is 13.1 Å². The summed E-state index contributed by atoms with van der Waals surface area (Å²) >= 11 is 10.2. The van der Waals surface area contributed by atoms with Crippen molar-refractivity contribution < 1.29 is 0 Å². The van der Waals surface area contributed by atoms with Gasteiger partial charge in [-0.3, -0.25) is 0 Å². The fourth-order valence-electron chi connectivity index (χ4n) is 3.06. The first-order chi connectivity index (χ1) is 17.7. The zero-order valence-electron chi connectivity index (χ0n) is 20.6. The topological polar surface area (TPSA) is 104 Å². The SMILES string of the molecule is Cc1cc(-c2nnn(C)n2)ccc1Br.Cc1cc(C#N)ccc1Br.Cc1cc(C2=NCN=N2)ccc1Br. The molecule has 0 amide bonds. The van der Waals surface area contributed by atoms with Crippen LogP contribution in [0, 0.1) is 32.1 Å². The first-order valence-corrected chi connectivity index (χ1v) is 13.4. The van der Waals surface area contributed by atoms with Crippen molar-refractivity contribution in [3.63, 3.8) is 0 Å². The maximum atomic E-state index is 8.49. The second-order valence-electron chi connectivity index (χ2n) is 7.97. The van der Waals surface area contributed by atoms with Crippen molar-refractivity contribution in [1.29, 1.82) is 5.26 Å². The van der Waals surface area contributed by atoms with Gasteiger partial charge < -0.3 is 0 Å². The van der Waals surface area contributed by atoms with E-state index >= 15 is 0 Å². The molecule has 1 aliphatic rings. The maximum Gasteiger partial charge on any atom is 0.204 e. The van der Waals surface area contributed by atoms with Crippen molar-refractivity contribution in [3.8, 4) is 17.5 Å². The molecule has 0 bridgehead atoms. The molecule has 0 spiro atoms. The Morgan fingerprint density at radius 2 is 1.38 bits per heavy atom. The summed E-state index contributed by atoms with van der Waals surface area (Å²) < 4.78 is 3.24. The van der Waals surface area contributed by atoms with Gasteiger partial charge >= 0.3 is 0 Å². The summed E-state index contributed by atoms with van der Waals surface area (Å²) in [6.45, 7) is 6.50. The molecule has 5 rings (SSSR count). The van der Waals surface area contributed by atoms with E-state index in [4.69, 9.17) is 5.26 Å². The largest absolute Gasteiger partial charge is 0.239 e. The molecule has 1 aliphatic heterocycles. The molecule has 0 radical (unpaired) electrons. The number of benzene rings is 3. The summed E-state index contributed by atoms with van der Waals surface area (Å²) in [5, 5.41) is 28.1. The molecule has 2 heterocycles. The number of azo groups is 1. The summed E-state index contributed by atoms with van der Waals surface area (Å²) in [5.41, 5.74) is 6.16. The fourth-order valence-corrected chi connectivity index (χ4v) is 3.80. The zero-order valence-corrected chi connectivity index (χ0v) is 25.4. The minimum absolute atomic E-state index is 0.463. The van der Waals surface area contributed by atoms with Crippen LogP contribution in [0.2, 0.25) is 0 Å². The molecule has 0 N–H and O–H groups in total. The van der Waals surface area contributed by atoms with E-state index in [-0.39, 0.29) is 0 Å². The average molecular weight is 687 g/mol. The van der Waals surface area contributed by atoms with Gasteiger partial charge in [0.05, 0.1) is 18.7 Å². The Hall–Kier alpha value is -3.07. The monoisotopic (exact) mass is 684 g/mol. The molecule has 0 saturated heterocycles. The van der Waals surface area contributed by atoms with E-state index in [1.807, 2.05) is 69.3 Å². The third-order valence-electron chi connectivity index (χ3n) is 5.08. The Morgan fingerprint density at radius 3 is 1.86 bits per heavy atom. The highest BCUT2D eigenvalue weighted by Crippen LogP contribution is 2.22. The zero-order chi connectivity index (χ0) is 26.9. The highest BCUT2D eigenvalue weighted by molar-refractivity contribution is 9.11. The molecule has 1 aromatic heterocycles. The average Bonchev–Trinajstić information content (AvgIpc) is 3.57. The van der Waals surface area contributed by atoms with Crippen LogP contribution in [-0.2, 0) is 7.05 Å². The standard InChI is InChI=1S/C9H9BrN4.C9H8BrN3.C8H6BrN/c1-6-5-7(3-4-8(6)10)9-11-13-14(2)12-9;1-6-4-7(2-3-8(6)10)9-11-5-12-13-9;1-6-4-7(5-10)2-3-8(6)9/h3-5H,1-2H3;2-4H,5H2,1H3;2-4H,1H3. The Labute approximate surface area is 240 Å². The normalized spacial score (nSPS) is 11.6. The van der Waals surface area contributed by atoms with E-state index in [0.717, 1.165) is 41.5 Å². The van der Waals surface area contributed by atoms with Crippen LogP contribution in [0.1, 0.15) is 27.8 Å². The number of tetrazole rings is 1. The third-order valence-corrected chi connectivity index (χ3v) is 7.75. The number of rotatable bonds is 2. The molecular formula is C26H23Br3N8. The van der Waals surface area contributed by atoms with Crippen molar-refractivity contribution in [2.45, 2.75) is 20.8 Å². The maximum absolute atomic E-state index is 8.49. The number of nitriles is 1. The number of hydrogen-bond acceptors (Lipinski definition) is 7. The Kier molecular flexibility index (Phi) is 10.4. The van der Waals surface area contributed by atoms with Gasteiger partial charge in [0.25, 0.3) is 0 Å². The number of amidine groups is 1. The lowest BCUT2D eigenvalue weighted by molar-refractivity contribution is 0.630. The molecule has 188 valence electrons. The molecule has 0 aliphatic carbocycles. The van der Waals surface area contributed by atoms with Gasteiger partial charge in [0.15, 0.2) is 12.5 Å². The van der Waals surface area contributed by atoms with Crippen molar-refractivity contribution in [3.05, 3.63) is 95.8 Å². The van der Waals surface area contributed by atoms with Crippen LogP contribution in [0.5, 0.6) is 0 Å². The molecular weight excluding hydrogens is 664 g/mol. The molecule has 0 atom stereocenters. The highest BCUT2D eigenvalue weighted by Gasteiger charge is 2.07. The minimum atomic E-state index is 0.463. The summed E-state index contributed by atoms with van der Waals surface area (Å²) in [5.74, 6) is 1.39. The fraction of sp³-hybridized carbons (Fsp3) is 0.192. The van der Waals surface area contributed by atoms with E-state index < -0.39 is 0 Å². The van der Waals surface area contributed by atoms with Crippen molar-refractivity contribution in [2.24, 2.45) is 22.3 Å². The van der Waals surface area contributed by atoms with Gasteiger partial charge in [-0.1, -0.05) is 47.8 Å². The van der Waals surface area contributed by atoms with Crippen LogP contribution in [0.3, 0.4) is 0 Å². The van der Waals surface area contributed by atoms with Gasteiger partial charge in [-0.15, -0.1) is 15.3 Å². The van der Waals surface area contributed by atoms with Gasteiger partial charge in [0.2, 0.25) is 5.82 Å². The predicted molar refractivity (Wildman–Crippen MR) is 155 cm³/mol. The molecule has 11 heteroatoms. The van der Waals surface area contributed by atoms with Crippen LogP contribution in [0.4, 0.5) is 0 Å². The Balaban J connectivity index is 0.000000157. The smallest absolute Gasteiger partial charge is 0.204 e. The van der Waals surface area contributed by atoms with Crippen LogP contribution in [0.15, 0.2) is 83.2 Å². The van der Waals surface area contributed by atoms with Gasteiger partial charge in [0, 0.05) is 24.5 Å². The Bertz CT molecular complexity index is 1500. The summed E-state index contributed by atoms with van der Waals surface area (Å²) in [6, 6.07) is 19.6. The van der Waals surface area contributed by atoms with Crippen LogP contribution in [0.25, 0.3) is 11.4 Å². The number of halogens is 3. The van der Waals surface area contributed by atoms with E-state index in [9.17, 15) is 0 Å². The molecule has 0 unspecified atom stereocenters. The quantitative estimate of drug-likeness (QED) is 0.218. The van der Waals surface area contributed by atoms with Crippen molar-refractivity contribution >= 4 is 53.6 Å². The summed E-state index contributed by atoms with van der Waals surface area (Å²) in [4.78, 5) is 5.60. The number of aliphatic imine (C=N–C) groups is 1. The van der Waals surface area contributed by atoms with E-state index in [0.29, 0.717) is 18.1 Å². The van der Waals surface area contributed by atoms with E-state index in [2.05, 4.69) is 84.5 Å². The number of nitrogens with zero attached hydrogens (tertiary/aromatic N) is 8. The van der Waals surface area contributed by atoms with Crippen LogP contribution in [-0.4, -0.2) is 32.7 Å². The minimum Gasteiger partial charge on any atom is -0.239 e. The molecule has 0 saturated carbocycles. The van der Waals surface area contributed by atoms with Crippen LogP contribution < -0.4 is 0 Å². The first kappa shape index (κ1) is 28.5. The molecule has 4 aromatic rings. The summed E-state index contributed by atoms with van der Waals surface area (Å²) in [7, 11) is 1.75.